The first-order valence-electron chi connectivity index (χ1n) is 7.59. The Bertz CT molecular complexity index is 805. The van der Waals surface area contributed by atoms with Crippen LogP contribution < -0.4 is 9.47 Å². The number of methoxy groups -OCH3 is 1. The Morgan fingerprint density at radius 2 is 1.96 bits per heavy atom. The van der Waals surface area contributed by atoms with E-state index in [1.165, 1.54) is 32.2 Å². The van der Waals surface area contributed by atoms with Crippen LogP contribution in [-0.4, -0.2) is 29.5 Å². The number of carbonyl (C=O) groups is 1. The summed E-state index contributed by atoms with van der Waals surface area (Å²) in [5.41, 5.74) is -1.61. The lowest BCUT2D eigenvalue weighted by molar-refractivity contribution is -0.144. The molecule has 1 heterocycles. The fraction of sp³-hybridized carbons (Fsp3) is 0.375. The van der Waals surface area contributed by atoms with Crippen molar-refractivity contribution in [1.29, 1.82) is 0 Å². The van der Waals surface area contributed by atoms with E-state index in [0.29, 0.717) is 10.2 Å². The van der Waals surface area contributed by atoms with E-state index in [9.17, 15) is 26.7 Å². The van der Waals surface area contributed by atoms with Crippen molar-refractivity contribution in [2.75, 3.05) is 7.11 Å². The fourth-order valence-corrected chi connectivity index (χ4v) is 2.30. The Balaban J connectivity index is 2.16. The van der Waals surface area contributed by atoms with Crippen LogP contribution in [0.1, 0.15) is 28.5 Å². The number of carbonyl (C=O) groups excluding carboxylic acids is 1. The van der Waals surface area contributed by atoms with E-state index in [0.717, 1.165) is 6.20 Å². The van der Waals surface area contributed by atoms with Gasteiger partial charge in [-0.15, -0.1) is 0 Å². The molecule has 148 valence electrons. The molecule has 1 aromatic carbocycles. The summed E-state index contributed by atoms with van der Waals surface area (Å²) in [6, 6.07) is 3.75. The zero-order chi connectivity index (χ0) is 20.2. The van der Waals surface area contributed by atoms with Crippen LogP contribution in [0, 0.1) is 0 Å². The molecular formula is C16H15F5N2O4. The van der Waals surface area contributed by atoms with E-state index in [-0.39, 0.29) is 18.0 Å². The molecule has 0 atom stereocenters. The third-order valence-electron chi connectivity index (χ3n) is 3.44. The number of benzene rings is 1. The Kier molecular flexibility index (Phi) is 6.24. The molecule has 0 aliphatic rings. The van der Waals surface area contributed by atoms with Gasteiger partial charge in [-0.1, -0.05) is 6.07 Å². The monoisotopic (exact) mass is 394 g/mol. The number of hydrogen-bond acceptors (Lipinski definition) is 5. The van der Waals surface area contributed by atoms with E-state index in [1.807, 2.05) is 0 Å². The molecule has 0 aliphatic heterocycles. The summed E-state index contributed by atoms with van der Waals surface area (Å²) in [6.07, 6.45) is -3.99. The van der Waals surface area contributed by atoms with Gasteiger partial charge in [0.2, 0.25) is 0 Å². The molecule has 0 aliphatic carbocycles. The number of aromatic nitrogens is 2. The van der Waals surface area contributed by atoms with E-state index >= 15 is 0 Å². The number of alkyl halides is 5. The Hall–Kier alpha value is -2.85. The minimum atomic E-state index is -4.78. The predicted octanol–water partition coefficient (Wildman–Crippen LogP) is 3.89. The molecule has 0 saturated heterocycles. The van der Waals surface area contributed by atoms with Crippen molar-refractivity contribution < 1.29 is 41.0 Å². The van der Waals surface area contributed by atoms with Gasteiger partial charge in [0, 0.05) is 6.54 Å². The van der Waals surface area contributed by atoms with Gasteiger partial charge in [-0.2, -0.15) is 27.1 Å². The lowest BCUT2D eigenvalue weighted by Gasteiger charge is -2.13. The number of hydrogen-bond donors (Lipinski definition) is 0. The lowest BCUT2D eigenvalue weighted by atomic mass is 10.2. The smallest absolute Gasteiger partial charge is 0.433 e. The number of ether oxygens (including phenoxy) is 3. The number of nitrogens with zero attached hydrogens (tertiary/aromatic N) is 2. The summed E-state index contributed by atoms with van der Waals surface area (Å²) in [4.78, 5) is 12.1. The Morgan fingerprint density at radius 1 is 1.26 bits per heavy atom. The zero-order valence-electron chi connectivity index (χ0n) is 14.2. The number of rotatable bonds is 7. The van der Waals surface area contributed by atoms with Crippen LogP contribution in [0.25, 0.3) is 0 Å². The first-order valence-corrected chi connectivity index (χ1v) is 7.59. The number of esters is 1. The second-order valence-electron chi connectivity index (χ2n) is 5.16. The molecule has 0 amide bonds. The van der Waals surface area contributed by atoms with E-state index in [2.05, 4.69) is 9.84 Å². The highest BCUT2D eigenvalue weighted by Gasteiger charge is 2.40. The van der Waals surface area contributed by atoms with Gasteiger partial charge in [-0.3, -0.25) is 4.68 Å². The third kappa shape index (κ3) is 4.86. The molecule has 2 aromatic rings. The summed E-state index contributed by atoms with van der Waals surface area (Å²) in [5, 5.41) is 3.53. The minimum absolute atomic E-state index is 0.0429. The largest absolute Gasteiger partial charge is 0.493 e. The third-order valence-corrected chi connectivity index (χ3v) is 3.44. The van der Waals surface area contributed by atoms with Gasteiger partial charge < -0.3 is 14.2 Å². The molecule has 6 nitrogen and oxygen atoms in total. The SMILES string of the molecule is CCn1ncc(C(=O)OCc2ccc(OC(F)F)c(OC)c2)c1C(F)(F)F. The van der Waals surface area contributed by atoms with Crippen molar-refractivity contribution >= 4 is 5.97 Å². The highest BCUT2D eigenvalue weighted by Crippen LogP contribution is 2.33. The van der Waals surface area contributed by atoms with Gasteiger partial charge >= 0.3 is 18.8 Å². The van der Waals surface area contributed by atoms with Crippen molar-refractivity contribution in [3.05, 3.63) is 41.2 Å². The predicted molar refractivity (Wildman–Crippen MR) is 81.6 cm³/mol. The Morgan fingerprint density at radius 3 is 2.52 bits per heavy atom. The van der Waals surface area contributed by atoms with Crippen LogP contribution in [0.5, 0.6) is 11.5 Å². The molecule has 0 radical (unpaired) electrons. The van der Waals surface area contributed by atoms with Crippen LogP contribution in [-0.2, 0) is 24.1 Å². The number of aryl methyl sites for hydroxylation is 1. The van der Waals surface area contributed by atoms with Gasteiger partial charge in [-0.05, 0) is 24.6 Å². The topological polar surface area (TPSA) is 62.6 Å². The van der Waals surface area contributed by atoms with Crippen LogP contribution in [0.3, 0.4) is 0 Å². The van der Waals surface area contributed by atoms with E-state index < -0.39 is 36.6 Å². The fourth-order valence-electron chi connectivity index (χ4n) is 2.30. The maximum Gasteiger partial charge on any atom is 0.433 e. The molecule has 11 heteroatoms. The maximum absolute atomic E-state index is 13.1. The van der Waals surface area contributed by atoms with E-state index in [4.69, 9.17) is 9.47 Å². The van der Waals surface area contributed by atoms with E-state index in [1.54, 1.807) is 0 Å². The summed E-state index contributed by atoms with van der Waals surface area (Å²) in [7, 11) is 1.22. The molecule has 0 spiro atoms. The lowest BCUT2D eigenvalue weighted by Crippen LogP contribution is -2.18. The number of halogens is 5. The van der Waals surface area contributed by atoms with Crippen molar-refractivity contribution in [2.45, 2.75) is 32.9 Å². The summed E-state index contributed by atoms with van der Waals surface area (Å²) in [5.74, 6) is -1.49. The maximum atomic E-state index is 13.1. The molecule has 27 heavy (non-hydrogen) atoms. The first-order chi connectivity index (χ1) is 12.7. The summed E-state index contributed by atoms with van der Waals surface area (Å²) < 4.78 is 78.7. The van der Waals surface area contributed by atoms with Gasteiger partial charge in [0.25, 0.3) is 0 Å². The summed E-state index contributed by atoms with van der Waals surface area (Å²) >= 11 is 0. The normalized spacial score (nSPS) is 11.6. The molecule has 1 aromatic heterocycles. The molecular weight excluding hydrogens is 379 g/mol. The molecule has 0 saturated carbocycles. The van der Waals surface area contributed by atoms with Crippen molar-refractivity contribution in [2.24, 2.45) is 0 Å². The molecule has 2 rings (SSSR count). The van der Waals surface area contributed by atoms with Crippen LogP contribution in [0.2, 0.25) is 0 Å². The van der Waals surface area contributed by atoms with Crippen molar-refractivity contribution in [3.8, 4) is 11.5 Å². The average molecular weight is 394 g/mol. The highest BCUT2D eigenvalue weighted by molar-refractivity contribution is 5.90. The second-order valence-corrected chi connectivity index (χ2v) is 5.16. The van der Waals surface area contributed by atoms with Gasteiger partial charge in [0.1, 0.15) is 12.2 Å². The second kappa shape index (κ2) is 8.23. The molecule has 0 N–H and O–H groups in total. The van der Waals surface area contributed by atoms with Gasteiger partial charge in [-0.25, -0.2) is 4.79 Å². The standard InChI is InChI=1S/C16H15F5N2O4/c1-3-23-13(16(19,20)21)10(7-22-23)14(24)26-8-9-4-5-11(27-15(17)18)12(6-9)25-2/h4-7,15H,3,8H2,1-2H3. The molecule has 0 unspecified atom stereocenters. The highest BCUT2D eigenvalue weighted by atomic mass is 19.4. The van der Waals surface area contributed by atoms with Crippen molar-refractivity contribution in [3.63, 3.8) is 0 Å². The van der Waals surface area contributed by atoms with Gasteiger partial charge in [0.05, 0.1) is 13.3 Å². The quantitative estimate of drug-likeness (QED) is 0.527. The van der Waals surface area contributed by atoms with Gasteiger partial charge in [0.15, 0.2) is 17.2 Å². The van der Waals surface area contributed by atoms with Crippen LogP contribution in [0.15, 0.2) is 24.4 Å². The van der Waals surface area contributed by atoms with Crippen LogP contribution in [0.4, 0.5) is 22.0 Å². The zero-order valence-corrected chi connectivity index (χ0v) is 14.2. The first kappa shape index (κ1) is 20.5. The minimum Gasteiger partial charge on any atom is -0.493 e. The molecule has 0 bridgehead atoms. The molecule has 0 fully saturated rings. The van der Waals surface area contributed by atoms with Crippen molar-refractivity contribution in [1.82, 2.24) is 9.78 Å². The summed E-state index contributed by atoms with van der Waals surface area (Å²) in [6.45, 7) is -2.09. The van der Waals surface area contributed by atoms with Crippen LogP contribution >= 0.6 is 0 Å². The Labute approximate surface area is 150 Å². The average Bonchev–Trinajstić information content (AvgIpc) is 3.04.